The van der Waals surface area contributed by atoms with Crippen LogP contribution < -0.4 is 21.2 Å². The van der Waals surface area contributed by atoms with E-state index in [0.717, 1.165) is 10.8 Å². The second-order valence-electron chi connectivity index (χ2n) is 3.97. The first-order chi connectivity index (χ1) is 9.19. The van der Waals surface area contributed by atoms with E-state index in [1.165, 1.54) is 6.07 Å². The van der Waals surface area contributed by atoms with Gasteiger partial charge in [0, 0.05) is 6.20 Å². The molecule has 20 heavy (non-hydrogen) atoms. The Kier molecular flexibility index (Phi) is 3.93. The number of nitrogen functional groups attached to an aromatic ring is 1. The van der Waals surface area contributed by atoms with Crippen LogP contribution in [0.1, 0.15) is 6.23 Å². The van der Waals surface area contributed by atoms with Gasteiger partial charge in [-0.1, -0.05) is 0 Å². The number of hydrogen-bond acceptors (Lipinski definition) is 10. The van der Waals surface area contributed by atoms with Crippen LogP contribution in [0.5, 0.6) is 0 Å². The number of aliphatic hydroxyl groups is 2. The lowest BCUT2D eigenvalue weighted by Crippen LogP contribution is -2.36. The predicted octanol–water partition coefficient (Wildman–Crippen LogP) is -3.75. The van der Waals surface area contributed by atoms with Gasteiger partial charge in [0.15, 0.2) is 12.5 Å². The van der Waals surface area contributed by atoms with E-state index in [1.54, 1.807) is 0 Å². The largest absolute Gasteiger partial charge is 0.790 e. The van der Waals surface area contributed by atoms with Gasteiger partial charge in [0.25, 0.3) is 0 Å². The zero-order chi connectivity index (χ0) is 15.1. The van der Waals surface area contributed by atoms with E-state index in [2.05, 4.69) is 9.51 Å². The van der Waals surface area contributed by atoms with Crippen LogP contribution in [-0.2, 0) is 13.8 Å². The van der Waals surface area contributed by atoms with Crippen molar-refractivity contribution in [2.45, 2.75) is 24.7 Å². The fourth-order valence-corrected chi connectivity index (χ4v) is 2.12. The van der Waals surface area contributed by atoms with E-state index in [4.69, 9.17) is 10.5 Å². The molecular formula is C8H10N3O8P-2. The smallest absolute Gasteiger partial charge is 0.351 e. The van der Waals surface area contributed by atoms with Crippen molar-refractivity contribution in [3.8, 4) is 0 Å². The van der Waals surface area contributed by atoms with Crippen LogP contribution in [0.25, 0.3) is 0 Å². The van der Waals surface area contributed by atoms with Gasteiger partial charge in [0.1, 0.15) is 18.0 Å². The highest BCUT2D eigenvalue weighted by Gasteiger charge is 2.45. The van der Waals surface area contributed by atoms with Gasteiger partial charge in [-0.2, -0.15) is 4.98 Å². The highest BCUT2D eigenvalue weighted by molar-refractivity contribution is 7.43. The molecule has 112 valence electrons. The lowest BCUT2D eigenvalue weighted by molar-refractivity contribution is -0.354. The molecule has 0 bridgehead atoms. The summed E-state index contributed by atoms with van der Waals surface area (Å²) in [6.07, 6.45) is -5.79. The number of nitrogens with zero attached hydrogens (tertiary/aromatic N) is 2. The van der Waals surface area contributed by atoms with Gasteiger partial charge < -0.3 is 39.6 Å². The van der Waals surface area contributed by atoms with Gasteiger partial charge >= 0.3 is 5.69 Å². The maximum Gasteiger partial charge on any atom is 0.351 e. The minimum Gasteiger partial charge on any atom is -0.790 e. The van der Waals surface area contributed by atoms with Crippen LogP contribution in [-0.4, -0.2) is 38.3 Å². The molecule has 1 aromatic rings. The van der Waals surface area contributed by atoms with Crippen LogP contribution in [0.4, 0.5) is 5.82 Å². The molecule has 4 unspecified atom stereocenters. The number of anilines is 1. The first-order valence-corrected chi connectivity index (χ1v) is 6.72. The van der Waals surface area contributed by atoms with Gasteiger partial charge in [0.05, 0.1) is 7.82 Å². The summed E-state index contributed by atoms with van der Waals surface area (Å²) < 4.78 is 20.1. The zero-order valence-corrected chi connectivity index (χ0v) is 10.6. The number of hydrogen-bond donors (Lipinski definition) is 3. The van der Waals surface area contributed by atoms with Gasteiger partial charge in [0.2, 0.25) is 0 Å². The van der Waals surface area contributed by atoms with E-state index in [0.29, 0.717) is 0 Å². The SMILES string of the molecule is Nc1ccn(C2OC(OP(=O)([O-])[O-])C(O)C2O)c(=O)n1. The summed E-state index contributed by atoms with van der Waals surface area (Å²) in [4.78, 5) is 35.9. The molecule has 4 N–H and O–H groups in total. The van der Waals surface area contributed by atoms with E-state index >= 15 is 0 Å². The van der Waals surface area contributed by atoms with E-state index < -0.39 is 38.2 Å². The van der Waals surface area contributed by atoms with Gasteiger partial charge in [-0.3, -0.25) is 4.57 Å². The van der Waals surface area contributed by atoms with Crippen molar-refractivity contribution < 1.29 is 33.8 Å². The summed E-state index contributed by atoms with van der Waals surface area (Å²) in [7, 11) is -5.44. The van der Waals surface area contributed by atoms with Gasteiger partial charge in [-0.05, 0) is 6.07 Å². The number of phosphoric acid groups is 1. The molecule has 12 heteroatoms. The normalized spacial score (nSPS) is 30.6. The molecule has 0 saturated carbocycles. The molecule has 1 aliphatic heterocycles. The summed E-state index contributed by atoms with van der Waals surface area (Å²) in [6, 6.07) is 1.23. The van der Waals surface area contributed by atoms with Crippen LogP contribution in [0.3, 0.4) is 0 Å². The van der Waals surface area contributed by atoms with Gasteiger partial charge in [-0.15, -0.1) is 0 Å². The summed E-state index contributed by atoms with van der Waals surface area (Å²) in [5.41, 5.74) is 4.38. The maximum absolute atomic E-state index is 11.6. The van der Waals surface area contributed by atoms with E-state index in [9.17, 15) is 29.4 Å². The van der Waals surface area contributed by atoms with Crippen molar-refractivity contribution in [1.29, 1.82) is 0 Å². The van der Waals surface area contributed by atoms with Crippen molar-refractivity contribution in [2.24, 2.45) is 0 Å². The van der Waals surface area contributed by atoms with E-state index in [1.807, 2.05) is 0 Å². The minimum absolute atomic E-state index is 0.0734. The Morgan fingerprint density at radius 1 is 1.45 bits per heavy atom. The maximum atomic E-state index is 11.6. The number of rotatable bonds is 3. The van der Waals surface area contributed by atoms with Crippen molar-refractivity contribution in [3.05, 3.63) is 22.7 Å². The highest BCUT2D eigenvalue weighted by Crippen LogP contribution is 2.36. The Bertz CT molecular complexity index is 600. The third kappa shape index (κ3) is 3.04. The third-order valence-corrected chi connectivity index (χ3v) is 3.02. The first-order valence-electron chi connectivity index (χ1n) is 5.26. The number of aliphatic hydroxyl groups excluding tert-OH is 2. The summed E-state index contributed by atoms with van der Waals surface area (Å²) in [5.74, 6) is -0.0734. The molecule has 0 amide bonds. The second kappa shape index (κ2) is 5.22. The standard InChI is InChI=1S/C8H12N3O8P/c9-3-1-2-11(8(14)10-3)6-4(12)5(13)7(18-6)19-20(15,16)17/h1-2,4-7,12-13H,(H2,9,10,14)(H2,15,16,17)/p-2. The van der Waals surface area contributed by atoms with Crippen molar-refractivity contribution in [2.75, 3.05) is 5.73 Å². The Labute approximate surface area is 111 Å². The number of nitrogens with two attached hydrogens (primary N) is 1. The Hall–Kier alpha value is -1.33. The fraction of sp³-hybridized carbons (Fsp3) is 0.500. The zero-order valence-electron chi connectivity index (χ0n) is 9.73. The molecule has 1 saturated heterocycles. The molecule has 2 rings (SSSR count). The molecule has 4 atom stereocenters. The molecule has 11 nitrogen and oxygen atoms in total. The average molecular weight is 307 g/mol. The topological polar surface area (TPSA) is 183 Å². The number of aromatic nitrogens is 2. The van der Waals surface area contributed by atoms with Crippen molar-refractivity contribution in [3.63, 3.8) is 0 Å². The average Bonchev–Trinajstić information content (AvgIpc) is 2.56. The first kappa shape index (κ1) is 15.1. The Morgan fingerprint density at radius 2 is 2.10 bits per heavy atom. The molecule has 2 heterocycles. The van der Waals surface area contributed by atoms with Gasteiger partial charge in [-0.25, -0.2) is 4.79 Å². The third-order valence-electron chi connectivity index (χ3n) is 2.55. The monoisotopic (exact) mass is 307 g/mol. The molecule has 1 aliphatic rings. The van der Waals surface area contributed by atoms with Crippen molar-refractivity contribution >= 4 is 13.6 Å². The quantitative estimate of drug-likeness (QED) is 0.468. The van der Waals surface area contributed by atoms with E-state index in [-0.39, 0.29) is 5.82 Å². The Morgan fingerprint density at radius 3 is 2.65 bits per heavy atom. The lowest BCUT2D eigenvalue weighted by atomic mass is 10.2. The highest BCUT2D eigenvalue weighted by atomic mass is 31.2. The molecule has 1 aromatic heterocycles. The molecule has 1 fully saturated rings. The van der Waals surface area contributed by atoms with Crippen LogP contribution in [0, 0.1) is 0 Å². The molecule has 0 aliphatic carbocycles. The van der Waals surface area contributed by atoms with Crippen molar-refractivity contribution in [1.82, 2.24) is 9.55 Å². The summed E-state index contributed by atoms with van der Waals surface area (Å²) in [6.45, 7) is 0. The molecule has 0 radical (unpaired) electrons. The predicted molar refractivity (Wildman–Crippen MR) is 57.5 cm³/mol. The second-order valence-corrected chi connectivity index (χ2v) is 5.08. The molecular weight excluding hydrogens is 297 g/mol. The Balaban J connectivity index is 2.26. The van der Waals surface area contributed by atoms with Crippen LogP contribution in [0.2, 0.25) is 0 Å². The van der Waals surface area contributed by atoms with Crippen LogP contribution >= 0.6 is 7.82 Å². The number of phosphoric ester groups is 1. The minimum atomic E-state index is -5.44. The lowest BCUT2D eigenvalue weighted by Gasteiger charge is -2.32. The molecule has 0 aromatic carbocycles. The van der Waals surface area contributed by atoms with Crippen LogP contribution in [0.15, 0.2) is 17.1 Å². The molecule has 0 spiro atoms. The fourth-order valence-electron chi connectivity index (χ4n) is 1.69. The number of ether oxygens (including phenoxy) is 1. The summed E-state index contributed by atoms with van der Waals surface area (Å²) in [5, 5.41) is 19.2. The summed E-state index contributed by atoms with van der Waals surface area (Å²) >= 11 is 0.